The Hall–Kier alpha value is -2.83. The molecule has 0 aliphatic heterocycles. The van der Waals surface area contributed by atoms with Crippen LogP contribution in [-0.4, -0.2) is 36.1 Å². The molecule has 118 valence electrons. The zero-order valence-electron chi connectivity index (χ0n) is 12.1. The molecule has 0 saturated heterocycles. The normalized spacial score (nSPS) is 9.64. The van der Waals surface area contributed by atoms with Gasteiger partial charge in [-0.25, -0.2) is 4.79 Å². The Balaban J connectivity index is 2.40. The molecule has 0 spiro atoms. The summed E-state index contributed by atoms with van der Waals surface area (Å²) in [6, 6.07) is 5.99. The van der Waals surface area contributed by atoms with Crippen molar-refractivity contribution in [3.05, 3.63) is 42.5 Å². The molecular weight excluding hydrogens is 286 g/mol. The van der Waals surface area contributed by atoms with E-state index in [1.54, 1.807) is 30.3 Å². The number of hydrogen-bond donors (Lipinski definition) is 4. The van der Waals surface area contributed by atoms with Gasteiger partial charge in [0.2, 0.25) is 0 Å². The van der Waals surface area contributed by atoms with E-state index in [0.29, 0.717) is 24.2 Å². The van der Waals surface area contributed by atoms with E-state index in [2.05, 4.69) is 22.5 Å². The van der Waals surface area contributed by atoms with Crippen molar-refractivity contribution in [1.29, 1.82) is 0 Å². The molecule has 7 heteroatoms. The molecule has 0 aliphatic carbocycles. The van der Waals surface area contributed by atoms with Crippen LogP contribution in [0.4, 0.5) is 10.5 Å². The first-order chi connectivity index (χ1) is 10.5. The number of carboxylic acid groups (broad SMARTS) is 1. The number of amides is 3. The molecule has 0 aliphatic rings. The molecule has 1 aromatic rings. The highest BCUT2D eigenvalue weighted by Gasteiger charge is 2.05. The summed E-state index contributed by atoms with van der Waals surface area (Å²) in [4.78, 5) is 33.5. The molecule has 22 heavy (non-hydrogen) atoms. The third-order valence-corrected chi connectivity index (χ3v) is 2.66. The molecule has 0 saturated carbocycles. The van der Waals surface area contributed by atoms with E-state index >= 15 is 0 Å². The highest BCUT2D eigenvalue weighted by molar-refractivity contribution is 5.95. The van der Waals surface area contributed by atoms with Crippen LogP contribution in [0.5, 0.6) is 0 Å². The first kappa shape index (κ1) is 17.2. The van der Waals surface area contributed by atoms with Crippen molar-refractivity contribution >= 4 is 23.6 Å². The predicted octanol–water partition coefficient (Wildman–Crippen LogP) is 1.59. The van der Waals surface area contributed by atoms with Gasteiger partial charge in [0.25, 0.3) is 5.91 Å². The Morgan fingerprint density at radius 2 is 1.82 bits per heavy atom. The van der Waals surface area contributed by atoms with Crippen LogP contribution in [0.25, 0.3) is 0 Å². The van der Waals surface area contributed by atoms with Crippen LogP contribution >= 0.6 is 0 Å². The average Bonchev–Trinajstić information content (AvgIpc) is 2.49. The number of carbonyl (C=O) groups is 3. The van der Waals surface area contributed by atoms with Gasteiger partial charge in [-0.05, 0) is 30.7 Å². The van der Waals surface area contributed by atoms with Gasteiger partial charge in [0.05, 0.1) is 0 Å². The molecule has 1 rings (SSSR count). The lowest BCUT2D eigenvalue weighted by Crippen LogP contribution is -2.29. The molecular formula is C15H19N3O4. The molecule has 0 bridgehead atoms. The number of benzene rings is 1. The van der Waals surface area contributed by atoms with Crippen LogP contribution in [0.1, 0.15) is 23.2 Å². The van der Waals surface area contributed by atoms with Gasteiger partial charge in [-0.3, -0.25) is 9.59 Å². The van der Waals surface area contributed by atoms with Crippen LogP contribution in [0.15, 0.2) is 36.9 Å². The van der Waals surface area contributed by atoms with E-state index in [1.807, 2.05) is 0 Å². The monoisotopic (exact) mass is 305 g/mol. The van der Waals surface area contributed by atoms with Gasteiger partial charge in [-0.15, -0.1) is 6.58 Å². The highest BCUT2D eigenvalue weighted by atomic mass is 16.4. The summed E-state index contributed by atoms with van der Waals surface area (Å²) in [6.45, 7) is 4.18. The van der Waals surface area contributed by atoms with Crippen LogP contribution in [-0.2, 0) is 4.79 Å². The lowest BCUT2D eigenvalue weighted by Gasteiger charge is -2.08. The molecule has 1 aromatic carbocycles. The smallest absolute Gasteiger partial charge is 0.319 e. The zero-order chi connectivity index (χ0) is 16.4. The molecule has 0 fully saturated rings. The standard InChI is InChI=1S/C15H19N3O4/c1-2-9-16-14(21)11-5-7-12(8-6-11)18-15(22)17-10-3-4-13(19)20/h2,5-8H,1,3-4,9-10H2,(H,16,21)(H,19,20)(H2,17,18,22). The van der Waals surface area contributed by atoms with Crippen molar-refractivity contribution in [3.8, 4) is 0 Å². The Labute approximate surface area is 128 Å². The van der Waals surface area contributed by atoms with Crippen LogP contribution in [0, 0.1) is 0 Å². The minimum atomic E-state index is -0.896. The van der Waals surface area contributed by atoms with Gasteiger partial charge in [0, 0.05) is 30.8 Å². The maximum atomic E-state index is 11.7. The Kier molecular flexibility index (Phi) is 7.18. The van der Waals surface area contributed by atoms with Gasteiger partial charge in [-0.2, -0.15) is 0 Å². The van der Waals surface area contributed by atoms with E-state index in [4.69, 9.17) is 5.11 Å². The average molecular weight is 305 g/mol. The van der Waals surface area contributed by atoms with E-state index in [1.165, 1.54) is 0 Å². The minimum Gasteiger partial charge on any atom is -0.481 e. The summed E-state index contributed by atoms with van der Waals surface area (Å²) >= 11 is 0. The van der Waals surface area contributed by atoms with E-state index in [0.717, 1.165) is 0 Å². The van der Waals surface area contributed by atoms with Crippen molar-refractivity contribution in [3.63, 3.8) is 0 Å². The Bertz CT molecular complexity index is 540. The van der Waals surface area contributed by atoms with Crippen molar-refractivity contribution < 1.29 is 19.5 Å². The van der Waals surface area contributed by atoms with Crippen LogP contribution < -0.4 is 16.0 Å². The van der Waals surface area contributed by atoms with Crippen LogP contribution in [0.2, 0.25) is 0 Å². The maximum Gasteiger partial charge on any atom is 0.319 e. The van der Waals surface area contributed by atoms with Crippen molar-refractivity contribution in [2.45, 2.75) is 12.8 Å². The Morgan fingerprint density at radius 3 is 2.41 bits per heavy atom. The van der Waals surface area contributed by atoms with E-state index in [9.17, 15) is 14.4 Å². The van der Waals surface area contributed by atoms with Gasteiger partial charge < -0.3 is 21.1 Å². The molecule has 0 radical (unpaired) electrons. The van der Waals surface area contributed by atoms with Gasteiger partial charge in [0.15, 0.2) is 0 Å². The topological polar surface area (TPSA) is 108 Å². The molecule has 4 N–H and O–H groups in total. The number of rotatable bonds is 8. The second kappa shape index (κ2) is 9.17. The molecule has 7 nitrogen and oxygen atoms in total. The Morgan fingerprint density at radius 1 is 1.14 bits per heavy atom. The third kappa shape index (κ3) is 6.56. The molecule has 0 unspecified atom stereocenters. The number of hydrogen-bond acceptors (Lipinski definition) is 3. The van der Waals surface area contributed by atoms with Gasteiger partial charge >= 0.3 is 12.0 Å². The van der Waals surface area contributed by atoms with E-state index < -0.39 is 12.0 Å². The van der Waals surface area contributed by atoms with Gasteiger partial charge in [-0.1, -0.05) is 6.08 Å². The molecule has 0 atom stereocenters. The fourth-order valence-electron chi connectivity index (χ4n) is 1.59. The van der Waals surface area contributed by atoms with Crippen molar-refractivity contribution in [2.24, 2.45) is 0 Å². The summed E-state index contributed by atoms with van der Waals surface area (Å²) in [7, 11) is 0. The predicted molar refractivity (Wildman–Crippen MR) is 82.9 cm³/mol. The van der Waals surface area contributed by atoms with Crippen molar-refractivity contribution in [1.82, 2.24) is 10.6 Å². The number of aliphatic carboxylic acids is 1. The van der Waals surface area contributed by atoms with E-state index in [-0.39, 0.29) is 18.9 Å². The second-order valence-corrected chi connectivity index (χ2v) is 4.45. The lowest BCUT2D eigenvalue weighted by molar-refractivity contribution is -0.137. The number of carbonyl (C=O) groups excluding carboxylic acids is 2. The second-order valence-electron chi connectivity index (χ2n) is 4.45. The SMILES string of the molecule is C=CCNC(=O)c1ccc(NC(=O)NCCCC(=O)O)cc1. The van der Waals surface area contributed by atoms with Crippen molar-refractivity contribution in [2.75, 3.05) is 18.4 Å². The lowest BCUT2D eigenvalue weighted by atomic mass is 10.2. The number of carboxylic acids is 1. The number of urea groups is 1. The summed E-state index contributed by atoms with van der Waals surface area (Å²) in [5, 5.41) is 16.3. The first-order valence-electron chi connectivity index (χ1n) is 6.78. The zero-order valence-corrected chi connectivity index (χ0v) is 12.1. The fourth-order valence-corrected chi connectivity index (χ4v) is 1.59. The molecule has 0 heterocycles. The molecule has 0 aromatic heterocycles. The largest absolute Gasteiger partial charge is 0.481 e. The third-order valence-electron chi connectivity index (χ3n) is 2.66. The quantitative estimate of drug-likeness (QED) is 0.432. The summed E-state index contributed by atoms with van der Waals surface area (Å²) in [6.07, 6.45) is 1.96. The maximum absolute atomic E-state index is 11.7. The van der Waals surface area contributed by atoms with Crippen LogP contribution in [0.3, 0.4) is 0 Å². The highest BCUT2D eigenvalue weighted by Crippen LogP contribution is 2.09. The summed E-state index contributed by atoms with van der Waals surface area (Å²) in [5.74, 6) is -1.11. The minimum absolute atomic E-state index is 0.00873. The summed E-state index contributed by atoms with van der Waals surface area (Å²) < 4.78 is 0. The molecule has 3 amide bonds. The number of nitrogens with one attached hydrogen (secondary N) is 3. The van der Waals surface area contributed by atoms with Gasteiger partial charge in [0.1, 0.15) is 0 Å². The fraction of sp³-hybridized carbons (Fsp3) is 0.267. The first-order valence-corrected chi connectivity index (χ1v) is 6.78. The number of anilines is 1. The summed E-state index contributed by atoms with van der Waals surface area (Å²) in [5.41, 5.74) is 1.02.